The van der Waals surface area contributed by atoms with E-state index in [1.54, 1.807) is 0 Å². The van der Waals surface area contributed by atoms with Crippen LogP contribution >= 0.6 is 0 Å². The van der Waals surface area contributed by atoms with Crippen molar-refractivity contribution in [2.75, 3.05) is 19.8 Å². The molecule has 3 nitrogen and oxygen atoms in total. The summed E-state index contributed by atoms with van der Waals surface area (Å²) >= 11 is 0. The summed E-state index contributed by atoms with van der Waals surface area (Å²) in [6.07, 6.45) is 5.21. The average molecular weight is 243 g/mol. The van der Waals surface area contributed by atoms with Crippen LogP contribution in [0.1, 0.15) is 53.4 Å². The third-order valence-corrected chi connectivity index (χ3v) is 3.74. The fourth-order valence-electron chi connectivity index (χ4n) is 2.65. The van der Waals surface area contributed by atoms with E-state index in [4.69, 9.17) is 9.47 Å². The van der Waals surface area contributed by atoms with Gasteiger partial charge in [-0.25, -0.2) is 0 Å². The zero-order valence-electron chi connectivity index (χ0n) is 11.9. The topological polar surface area (TPSA) is 30.5 Å². The van der Waals surface area contributed by atoms with E-state index < -0.39 is 0 Å². The molecule has 3 heteroatoms. The standard InChI is InChI=1S/C14H29NO2/c1-5-16-13(17-6-2)11-15-12-9-7-8-10-14(12,3)4/h12-13,15H,5-11H2,1-4H3. The summed E-state index contributed by atoms with van der Waals surface area (Å²) < 4.78 is 11.1. The first-order valence-corrected chi connectivity index (χ1v) is 7.06. The van der Waals surface area contributed by atoms with Gasteiger partial charge in [-0.2, -0.15) is 0 Å². The maximum atomic E-state index is 5.56. The molecule has 0 spiro atoms. The molecule has 0 saturated heterocycles. The second-order valence-electron chi connectivity index (χ2n) is 5.54. The lowest BCUT2D eigenvalue weighted by Gasteiger charge is -2.39. The maximum Gasteiger partial charge on any atom is 0.169 e. The Kier molecular flexibility index (Phi) is 6.45. The lowest BCUT2D eigenvalue weighted by atomic mass is 9.73. The smallest absolute Gasteiger partial charge is 0.169 e. The molecular formula is C14H29NO2. The molecule has 0 radical (unpaired) electrons. The lowest BCUT2D eigenvalue weighted by molar-refractivity contribution is -0.135. The van der Waals surface area contributed by atoms with Crippen molar-refractivity contribution in [3.05, 3.63) is 0 Å². The Morgan fingerprint density at radius 2 is 1.82 bits per heavy atom. The second-order valence-corrected chi connectivity index (χ2v) is 5.54. The third-order valence-electron chi connectivity index (χ3n) is 3.74. The molecule has 1 rings (SSSR count). The Morgan fingerprint density at radius 1 is 1.18 bits per heavy atom. The van der Waals surface area contributed by atoms with Gasteiger partial charge >= 0.3 is 0 Å². The highest BCUT2D eigenvalue weighted by Gasteiger charge is 2.32. The van der Waals surface area contributed by atoms with Gasteiger partial charge in [0.25, 0.3) is 0 Å². The van der Waals surface area contributed by atoms with Crippen LogP contribution < -0.4 is 5.32 Å². The van der Waals surface area contributed by atoms with Crippen molar-refractivity contribution in [1.82, 2.24) is 5.32 Å². The molecule has 1 fully saturated rings. The minimum absolute atomic E-state index is 0.0947. The van der Waals surface area contributed by atoms with Gasteiger partial charge < -0.3 is 14.8 Å². The molecule has 1 saturated carbocycles. The summed E-state index contributed by atoms with van der Waals surface area (Å²) in [5.74, 6) is 0. The molecule has 0 amide bonds. The zero-order valence-corrected chi connectivity index (χ0v) is 11.9. The van der Waals surface area contributed by atoms with E-state index in [9.17, 15) is 0 Å². The summed E-state index contributed by atoms with van der Waals surface area (Å²) in [7, 11) is 0. The maximum absolute atomic E-state index is 5.56. The van der Waals surface area contributed by atoms with Gasteiger partial charge in [0.15, 0.2) is 6.29 Å². The predicted molar refractivity (Wildman–Crippen MR) is 71.1 cm³/mol. The summed E-state index contributed by atoms with van der Waals surface area (Å²) in [6.45, 7) is 11.0. The minimum Gasteiger partial charge on any atom is -0.352 e. The minimum atomic E-state index is -0.0947. The van der Waals surface area contributed by atoms with Crippen molar-refractivity contribution >= 4 is 0 Å². The molecule has 1 atom stereocenters. The van der Waals surface area contributed by atoms with Crippen LogP contribution in [0.25, 0.3) is 0 Å². The van der Waals surface area contributed by atoms with Crippen molar-refractivity contribution in [3.63, 3.8) is 0 Å². The van der Waals surface area contributed by atoms with Crippen LogP contribution in [0.5, 0.6) is 0 Å². The van der Waals surface area contributed by atoms with Gasteiger partial charge in [-0.1, -0.05) is 26.7 Å². The van der Waals surface area contributed by atoms with E-state index in [-0.39, 0.29) is 6.29 Å². The Morgan fingerprint density at radius 3 is 2.35 bits per heavy atom. The number of hydrogen-bond donors (Lipinski definition) is 1. The van der Waals surface area contributed by atoms with Crippen molar-refractivity contribution in [1.29, 1.82) is 0 Å². The highest BCUT2D eigenvalue weighted by Crippen LogP contribution is 2.35. The van der Waals surface area contributed by atoms with Gasteiger partial charge in [-0.05, 0) is 32.1 Å². The van der Waals surface area contributed by atoms with E-state index in [0.29, 0.717) is 24.7 Å². The molecule has 0 aromatic heterocycles. The van der Waals surface area contributed by atoms with Crippen LogP contribution in [0.15, 0.2) is 0 Å². The van der Waals surface area contributed by atoms with Crippen LogP contribution in [0.2, 0.25) is 0 Å². The van der Waals surface area contributed by atoms with Crippen LogP contribution in [0, 0.1) is 5.41 Å². The monoisotopic (exact) mass is 243 g/mol. The Balaban J connectivity index is 2.36. The lowest BCUT2D eigenvalue weighted by Crippen LogP contribution is -2.47. The molecule has 17 heavy (non-hydrogen) atoms. The van der Waals surface area contributed by atoms with E-state index in [0.717, 1.165) is 6.54 Å². The van der Waals surface area contributed by atoms with Gasteiger partial charge in [0.05, 0.1) is 0 Å². The molecule has 1 aliphatic carbocycles. The molecule has 1 aliphatic rings. The van der Waals surface area contributed by atoms with Gasteiger partial charge in [0.2, 0.25) is 0 Å². The van der Waals surface area contributed by atoms with E-state index in [2.05, 4.69) is 19.2 Å². The van der Waals surface area contributed by atoms with Crippen molar-refractivity contribution in [3.8, 4) is 0 Å². The Hall–Kier alpha value is -0.120. The van der Waals surface area contributed by atoms with Crippen molar-refractivity contribution in [2.24, 2.45) is 5.41 Å². The molecule has 0 aliphatic heterocycles. The highest BCUT2D eigenvalue weighted by atomic mass is 16.7. The number of ether oxygens (including phenoxy) is 2. The predicted octanol–water partition coefficient (Wildman–Crippen LogP) is 2.94. The van der Waals surface area contributed by atoms with Gasteiger partial charge in [-0.3, -0.25) is 0 Å². The number of hydrogen-bond acceptors (Lipinski definition) is 3. The largest absolute Gasteiger partial charge is 0.352 e. The molecule has 0 bridgehead atoms. The number of rotatable bonds is 7. The Labute approximate surface area is 106 Å². The zero-order chi connectivity index (χ0) is 12.7. The first-order chi connectivity index (χ1) is 8.10. The molecule has 1 N–H and O–H groups in total. The first kappa shape index (κ1) is 14.9. The van der Waals surface area contributed by atoms with E-state index >= 15 is 0 Å². The second kappa shape index (κ2) is 7.34. The quantitative estimate of drug-likeness (QED) is 0.697. The van der Waals surface area contributed by atoms with Crippen LogP contribution in [-0.2, 0) is 9.47 Å². The van der Waals surface area contributed by atoms with Gasteiger partial charge in [0, 0.05) is 25.8 Å². The highest BCUT2D eigenvalue weighted by molar-refractivity contribution is 4.87. The summed E-state index contributed by atoms with van der Waals surface area (Å²) in [5.41, 5.74) is 0.404. The summed E-state index contributed by atoms with van der Waals surface area (Å²) in [5, 5.41) is 3.63. The summed E-state index contributed by atoms with van der Waals surface area (Å²) in [6, 6.07) is 0.597. The molecule has 1 unspecified atom stereocenters. The third kappa shape index (κ3) is 4.94. The molecule has 0 aromatic rings. The van der Waals surface area contributed by atoms with Crippen LogP contribution in [0.4, 0.5) is 0 Å². The molecular weight excluding hydrogens is 214 g/mol. The van der Waals surface area contributed by atoms with Crippen molar-refractivity contribution < 1.29 is 9.47 Å². The fourth-order valence-corrected chi connectivity index (χ4v) is 2.65. The van der Waals surface area contributed by atoms with E-state index in [1.165, 1.54) is 25.7 Å². The molecule has 0 heterocycles. The van der Waals surface area contributed by atoms with E-state index in [1.807, 2.05) is 13.8 Å². The van der Waals surface area contributed by atoms with Crippen LogP contribution in [-0.4, -0.2) is 32.1 Å². The van der Waals surface area contributed by atoms with Crippen LogP contribution in [0.3, 0.4) is 0 Å². The average Bonchev–Trinajstić information content (AvgIpc) is 2.27. The van der Waals surface area contributed by atoms with Crippen molar-refractivity contribution in [2.45, 2.75) is 65.7 Å². The normalized spacial score (nSPS) is 24.2. The SMILES string of the molecule is CCOC(CNC1CCCCC1(C)C)OCC. The van der Waals surface area contributed by atoms with Gasteiger partial charge in [-0.15, -0.1) is 0 Å². The number of nitrogens with one attached hydrogen (secondary N) is 1. The van der Waals surface area contributed by atoms with Gasteiger partial charge in [0.1, 0.15) is 0 Å². The fraction of sp³-hybridized carbons (Fsp3) is 1.00. The first-order valence-electron chi connectivity index (χ1n) is 7.06. The summed E-state index contributed by atoms with van der Waals surface area (Å²) in [4.78, 5) is 0. The molecule has 0 aromatic carbocycles. The Bertz CT molecular complexity index is 200. The molecule has 102 valence electrons.